The molecule has 0 radical (unpaired) electrons. The van der Waals surface area contributed by atoms with E-state index in [0.717, 1.165) is 38.4 Å². The van der Waals surface area contributed by atoms with E-state index < -0.39 is 12.0 Å². The summed E-state index contributed by atoms with van der Waals surface area (Å²) in [6, 6.07) is 22.6. The summed E-state index contributed by atoms with van der Waals surface area (Å²) < 4.78 is 0. The number of halogens is 1. The molecule has 0 aliphatic heterocycles. The first-order valence-electron chi connectivity index (χ1n) is 11.7. The van der Waals surface area contributed by atoms with Gasteiger partial charge in [-0.3, -0.25) is 9.63 Å². The zero-order valence-corrected chi connectivity index (χ0v) is 21.0. The first-order chi connectivity index (χ1) is 17.6. The molecule has 0 saturated heterocycles. The van der Waals surface area contributed by atoms with Crippen LogP contribution in [-0.4, -0.2) is 45.2 Å². The van der Waals surface area contributed by atoms with Crippen LogP contribution in [-0.2, 0) is 20.8 Å². The summed E-state index contributed by atoms with van der Waals surface area (Å²) in [4.78, 5) is 38.8. The predicted octanol–water partition coefficient (Wildman–Crippen LogP) is 5.07. The van der Waals surface area contributed by atoms with Crippen LogP contribution in [0.25, 0.3) is 22.4 Å². The van der Waals surface area contributed by atoms with Crippen LogP contribution in [0, 0.1) is 6.92 Å². The molecule has 3 aromatic carbocycles. The number of hydroxylamine groups is 2. The van der Waals surface area contributed by atoms with E-state index >= 15 is 0 Å². The molecule has 1 aliphatic carbocycles. The molecule has 1 heterocycles. The normalized spacial score (nSPS) is 12.7. The average Bonchev–Trinajstić information content (AvgIpc) is 3.22. The van der Waals surface area contributed by atoms with Gasteiger partial charge in [0.05, 0.1) is 12.3 Å². The lowest BCUT2D eigenvalue weighted by atomic mass is 9.98. The molecule has 1 amide bonds. The fraction of sp³-hybridized carbons (Fsp3) is 0.172. The van der Waals surface area contributed by atoms with E-state index in [1.165, 1.54) is 6.33 Å². The lowest BCUT2D eigenvalue weighted by Gasteiger charge is -2.26. The van der Waals surface area contributed by atoms with Crippen molar-refractivity contribution in [2.24, 2.45) is 0 Å². The molecule has 5 rings (SSSR count). The van der Waals surface area contributed by atoms with E-state index in [9.17, 15) is 14.7 Å². The largest absolute Gasteiger partial charge is 0.480 e. The number of aryl methyl sites for hydroxylation is 1. The van der Waals surface area contributed by atoms with Crippen molar-refractivity contribution in [1.82, 2.24) is 15.0 Å². The van der Waals surface area contributed by atoms with Crippen LogP contribution in [0.15, 0.2) is 85.3 Å². The number of fused-ring (bicyclic) bond motifs is 3. The number of carbonyl (C=O) groups excluding carboxylic acids is 1. The smallest absolute Gasteiger partial charge is 0.329 e. The molecule has 1 aromatic heterocycles. The number of rotatable bonds is 9. The van der Waals surface area contributed by atoms with Gasteiger partial charge < -0.3 is 5.11 Å². The highest BCUT2D eigenvalue weighted by Crippen LogP contribution is 2.44. The van der Waals surface area contributed by atoms with Gasteiger partial charge in [0.25, 0.3) is 0 Å². The molecule has 37 heavy (non-hydrogen) atoms. The van der Waals surface area contributed by atoms with Crippen molar-refractivity contribution in [1.29, 1.82) is 0 Å². The van der Waals surface area contributed by atoms with Crippen molar-refractivity contribution in [2.75, 3.05) is 6.61 Å². The number of carboxylic acids is 1. The number of carboxylic acid groups (broad SMARTS) is 1. The minimum absolute atomic E-state index is 0. The van der Waals surface area contributed by atoms with Crippen molar-refractivity contribution in [3.05, 3.63) is 108 Å². The monoisotopic (exact) mass is 515 g/mol. The van der Waals surface area contributed by atoms with E-state index in [1.54, 1.807) is 6.20 Å². The molecule has 1 atom stereocenters. The van der Waals surface area contributed by atoms with Crippen LogP contribution in [0.5, 0.6) is 0 Å². The second kappa shape index (κ2) is 11.3. The Morgan fingerprint density at radius 2 is 1.59 bits per heavy atom. The van der Waals surface area contributed by atoms with Gasteiger partial charge in [0.2, 0.25) is 6.41 Å². The van der Waals surface area contributed by atoms with Gasteiger partial charge in [-0.15, -0.1) is 12.4 Å². The first kappa shape index (κ1) is 26.0. The van der Waals surface area contributed by atoms with Gasteiger partial charge in [0, 0.05) is 24.1 Å². The molecule has 8 heteroatoms. The fourth-order valence-electron chi connectivity index (χ4n) is 4.88. The number of aromatic nitrogens is 2. The zero-order chi connectivity index (χ0) is 25.1. The molecule has 7 nitrogen and oxygen atoms in total. The minimum Gasteiger partial charge on any atom is -0.480 e. The Bertz CT molecular complexity index is 1380. The van der Waals surface area contributed by atoms with Crippen molar-refractivity contribution in [2.45, 2.75) is 25.3 Å². The maximum atomic E-state index is 12.3. The number of carbonyl (C=O) groups is 2. The van der Waals surface area contributed by atoms with Crippen LogP contribution < -0.4 is 0 Å². The number of amides is 1. The predicted molar refractivity (Wildman–Crippen MR) is 142 cm³/mol. The first-order valence-corrected chi connectivity index (χ1v) is 11.7. The third-order valence-electron chi connectivity index (χ3n) is 6.65. The summed E-state index contributed by atoms with van der Waals surface area (Å²) in [5, 5.41) is 10.9. The number of benzene rings is 3. The van der Waals surface area contributed by atoms with Crippen LogP contribution in [0.4, 0.5) is 0 Å². The number of aliphatic carboxylic acids is 1. The molecule has 1 aliphatic rings. The van der Waals surface area contributed by atoms with Crippen LogP contribution in [0.3, 0.4) is 0 Å². The Labute approximate surface area is 221 Å². The second-order valence-corrected chi connectivity index (χ2v) is 8.76. The van der Waals surface area contributed by atoms with Crippen molar-refractivity contribution in [3.8, 4) is 22.4 Å². The van der Waals surface area contributed by atoms with Crippen molar-refractivity contribution in [3.63, 3.8) is 0 Å². The summed E-state index contributed by atoms with van der Waals surface area (Å²) in [5.41, 5.74) is 7.58. The Balaban J connectivity index is 0.00000320. The fourth-order valence-corrected chi connectivity index (χ4v) is 4.88. The summed E-state index contributed by atoms with van der Waals surface area (Å²) >= 11 is 0. The second-order valence-electron chi connectivity index (χ2n) is 8.76. The molecule has 0 saturated carbocycles. The lowest BCUT2D eigenvalue weighted by Crippen LogP contribution is -2.42. The average molecular weight is 516 g/mol. The van der Waals surface area contributed by atoms with Crippen molar-refractivity contribution >= 4 is 24.8 Å². The Morgan fingerprint density at radius 1 is 1.00 bits per heavy atom. The van der Waals surface area contributed by atoms with Gasteiger partial charge in [0.15, 0.2) is 6.04 Å². The van der Waals surface area contributed by atoms with Gasteiger partial charge in [-0.25, -0.2) is 19.8 Å². The topological polar surface area (TPSA) is 92.6 Å². The number of hydrogen-bond donors (Lipinski definition) is 1. The molecule has 188 valence electrons. The van der Waals surface area contributed by atoms with Gasteiger partial charge in [-0.1, -0.05) is 72.8 Å². The SMILES string of the molecule is Cc1ccccc1-c1ncncc1C[C@H](C(=O)O)N(C=O)OCC1c2ccccc2-c2ccccc21.Cl. The molecular formula is C29H26ClN3O4. The maximum Gasteiger partial charge on any atom is 0.329 e. The van der Waals surface area contributed by atoms with E-state index in [1.807, 2.05) is 67.6 Å². The minimum atomic E-state index is -1.25. The zero-order valence-electron chi connectivity index (χ0n) is 20.2. The third kappa shape index (κ3) is 5.09. The van der Waals surface area contributed by atoms with E-state index in [-0.39, 0.29) is 31.4 Å². The highest BCUT2D eigenvalue weighted by molar-refractivity contribution is 5.85. The van der Waals surface area contributed by atoms with Gasteiger partial charge >= 0.3 is 5.97 Å². The summed E-state index contributed by atoms with van der Waals surface area (Å²) in [7, 11) is 0. The Hall–Kier alpha value is -4.07. The summed E-state index contributed by atoms with van der Waals surface area (Å²) in [5.74, 6) is -1.29. The highest BCUT2D eigenvalue weighted by atomic mass is 35.5. The van der Waals surface area contributed by atoms with Crippen LogP contribution >= 0.6 is 12.4 Å². The standard InChI is InChI=1S/C29H25N3O4.ClH/c1-19-8-2-3-9-21(19)28-20(15-30-17-31-28)14-27(29(34)35)32(18-33)36-16-26-24-12-6-4-10-22(24)23-11-5-7-13-25(23)26;/h2-13,15,17-18,26-27H,14,16H2,1H3,(H,34,35);1H/t27-;/m1./s1. The Kier molecular flexibility index (Phi) is 7.96. The highest BCUT2D eigenvalue weighted by Gasteiger charge is 2.32. The molecule has 0 unspecified atom stereocenters. The maximum absolute atomic E-state index is 12.3. The lowest BCUT2D eigenvalue weighted by molar-refractivity contribution is -0.196. The van der Waals surface area contributed by atoms with E-state index in [2.05, 4.69) is 22.1 Å². The van der Waals surface area contributed by atoms with Gasteiger partial charge in [-0.05, 0) is 40.3 Å². The number of nitrogens with zero attached hydrogens (tertiary/aromatic N) is 3. The van der Waals surface area contributed by atoms with Crippen LogP contribution in [0.1, 0.15) is 28.2 Å². The van der Waals surface area contributed by atoms with Gasteiger partial charge in [-0.2, -0.15) is 0 Å². The molecule has 1 N–H and O–H groups in total. The van der Waals surface area contributed by atoms with E-state index in [4.69, 9.17) is 4.84 Å². The van der Waals surface area contributed by atoms with Crippen molar-refractivity contribution < 1.29 is 19.5 Å². The molecular weight excluding hydrogens is 490 g/mol. The molecule has 0 spiro atoms. The van der Waals surface area contributed by atoms with Crippen LogP contribution in [0.2, 0.25) is 0 Å². The quantitative estimate of drug-likeness (QED) is 0.247. The number of hydrogen-bond acceptors (Lipinski definition) is 5. The molecule has 0 bridgehead atoms. The molecule has 0 fully saturated rings. The Morgan fingerprint density at radius 3 is 2.19 bits per heavy atom. The summed E-state index contributed by atoms with van der Waals surface area (Å²) in [6.45, 7) is 2.10. The van der Waals surface area contributed by atoms with Gasteiger partial charge in [0.1, 0.15) is 6.33 Å². The third-order valence-corrected chi connectivity index (χ3v) is 6.65. The summed E-state index contributed by atoms with van der Waals surface area (Å²) in [6.07, 6.45) is 3.46. The van der Waals surface area contributed by atoms with E-state index in [0.29, 0.717) is 17.7 Å². The molecule has 4 aromatic rings.